The number of carbonyl (C=O) groups excluding carboxylic acids is 1. The fourth-order valence-corrected chi connectivity index (χ4v) is 2.39. The van der Waals surface area contributed by atoms with Gasteiger partial charge in [0.25, 0.3) is 0 Å². The van der Waals surface area contributed by atoms with Crippen molar-refractivity contribution in [3.63, 3.8) is 0 Å². The average molecular weight is 337 g/mol. The zero-order chi connectivity index (χ0) is 17.5. The number of ether oxygens (including phenoxy) is 1. The fraction of sp³-hybridized carbons (Fsp3) is 0.222. The number of amides is 1. The summed E-state index contributed by atoms with van der Waals surface area (Å²) in [5, 5.41) is 12.1. The summed E-state index contributed by atoms with van der Waals surface area (Å²) in [5.41, 5.74) is 5.06. The van der Waals surface area contributed by atoms with E-state index < -0.39 is 0 Å². The van der Waals surface area contributed by atoms with Crippen molar-refractivity contribution in [2.75, 3.05) is 6.61 Å². The molecule has 0 aliphatic heterocycles. The Hall–Kier alpha value is -3.22. The second-order valence-electron chi connectivity index (χ2n) is 5.32. The standard InChI is InChI=1S/C18H19N5O2/c1-2-25-17-10-6-3-7-14(17)13-19-21-18(24)11-12-23-16-9-5-4-8-15(16)20-22-23/h3-10,13H,2,11-12H2,1H3,(H,21,24)/b19-13+. The molecule has 1 heterocycles. The van der Waals surface area contributed by atoms with E-state index in [9.17, 15) is 4.79 Å². The third-order valence-electron chi connectivity index (χ3n) is 3.58. The van der Waals surface area contributed by atoms with Crippen LogP contribution in [0.15, 0.2) is 53.6 Å². The number of hydrazone groups is 1. The molecule has 0 radical (unpaired) electrons. The van der Waals surface area contributed by atoms with E-state index in [-0.39, 0.29) is 12.3 Å². The number of nitrogens with one attached hydrogen (secondary N) is 1. The Morgan fingerprint density at radius 3 is 2.92 bits per heavy atom. The SMILES string of the molecule is CCOc1ccccc1/C=N/NC(=O)CCn1nnc2ccccc21. The maximum absolute atomic E-state index is 12.0. The lowest BCUT2D eigenvalue weighted by atomic mass is 10.2. The van der Waals surface area contributed by atoms with Crippen molar-refractivity contribution in [3.05, 3.63) is 54.1 Å². The van der Waals surface area contributed by atoms with Gasteiger partial charge < -0.3 is 4.74 Å². The minimum atomic E-state index is -0.190. The minimum Gasteiger partial charge on any atom is -0.493 e. The summed E-state index contributed by atoms with van der Waals surface area (Å²) in [6.45, 7) is 2.93. The number of benzene rings is 2. The molecule has 0 atom stereocenters. The third-order valence-corrected chi connectivity index (χ3v) is 3.58. The summed E-state index contributed by atoms with van der Waals surface area (Å²) in [7, 11) is 0. The van der Waals surface area contributed by atoms with Crippen LogP contribution in [0.3, 0.4) is 0 Å². The van der Waals surface area contributed by atoms with Gasteiger partial charge >= 0.3 is 0 Å². The van der Waals surface area contributed by atoms with Crippen LogP contribution in [0, 0.1) is 0 Å². The number of carbonyl (C=O) groups is 1. The lowest BCUT2D eigenvalue weighted by Gasteiger charge is -2.06. The molecule has 3 rings (SSSR count). The van der Waals surface area contributed by atoms with Crippen LogP contribution in [0.1, 0.15) is 18.9 Å². The summed E-state index contributed by atoms with van der Waals surface area (Å²) >= 11 is 0. The van der Waals surface area contributed by atoms with Gasteiger partial charge in [-0.15, -0.1) is 5.10 Å². The molecule has 3 aromatic rings. The monoisotopic (exact) mass is 337 g/mol. The number of aromatic nitrogens is 3. The van der Waals surface area contributed by atoms with Gasteiger partial charge in [-0.2, -0.15) is 5.10 Å². The molecule has 7 heteroatoms. The number of nitrogens with zero attached hydrogens (tertiary/aromatic N) is 4. The topological polar surface area (TPSA) is 81.4 Å². The lowest BCUT2D eigenvalue weighted by Crippen LogP contribution is -2.19. The number of hydrogen-bond acceptors (Lipinski definition) is 5. The van der Waals surface area contributed by atoms with E-state index in [1.807, 2.05) is 55.5 Å². The summed E-state index contributed by atoms with van der Waals surface area (Å²) in [4.78, 5) is 12.0. The second-order valence-corrected chi connectivity index (χ2v) is 5.32. The molecule has 0 bridgehead atoms. The quantitative estimate of drug-likeness (QED) is 0.530. The molecule has 1 N–H and O–H groups in total. The smallest absolute Gasteiger partial charge is 0.241 e. The minimum absolute atomic E-state index is 0.190. The Balaban J connectivity index is 1.55. The molecule has 7 nitrogen and oxygen atoms in total. The summed E-state index contributed by atoms with van der Waals surface area (Å²) in [6.07, 6.45) is 1.84. The van der Waals surface area contributed by atoms with Gasteiger partial charge in [-0.1, -0.05) is 29.5 Å². The Morgan fingerprint density at radius 1 is 1.24 bits per heavy atom. The molecule has 1 aromatic heterocycles. The van der Waals surface area contributed by atoms with Gasteiger partial charge in [0, 0.05) is 12.0 Å². The van der Waals surface area contributed by atoms with E-state index in [4.69, 9.17) is 4.74 Å². The highest BCUT2D eigenvalue weighted by atomic mass is 16.5. The van der Waals surface area contributed by atoms with Crippen molar-refractivity contribution in [1.82, 2.24) is 20.4 Å². The highest BCUT2D eigenvalue weighted by Crippen LogP contribution is 2.15. The number of aryl methyl sites for hydroxylation is 1. The molecule has 0 aliphatic carbocycles. The van der Waals surface area contributed by atoms with Crippen LogP contribution in [0.4, 0.5) is 0 Å². The predicted molar refractivity (Wildman–Crippen MR) is 95.5 cm³/mol. The van der Waals surface area contributed by atoms with Crippen molar-refractivity contribution in [1.29, 1.82) is 0 Å². The van der Waals surface area contributed by atoms with Gasteiger partial charge in [-0.05, 0) is 31.2 Å². The summed E-state index contributed by atoms with van der Waals surface area (Å²) in [5.74, 6) is 0.543. The largest absolute Gasteiger partial charge is 0.493 e. The molecular formula is C18H19N5O2. The molecule has 0 spiro atoms. The molecule has 0 fully saturated rings. The van der Waals surface area contributed by atoms with Crippen LogP contribution in [0.2, 0.25) is 0 Å². The highest BCUT2D eigenvalue weighted by molar-refractivity contribution is 5.85. The molecule has 0 aliphatic rings. The first-order valence-electron chi connectivity index (χ1n) is 8.10. The highest BCUT2D eigenvalue weighted by Gasteiger charge is 2.06. The second kappa shape index (κ2) is 8.05. The summed E-state index contributed by atoms with van der Waals surface area (Å²) in [6, 6.07) is 15.2. The van der Waals surface area contributed by atoms with Gasteiger partial charge in [0.1, 0.15) is 11.3 Å². The first-order valence-corrected chi connectivity index (χ1v) is 8.10. The van der Waals surface area contributed by atoms with Crippen molar-refractivity contribution < 1.29 is 9.53 Å². The van der Waals surface area contributed by atoms with Crippen molar-refractivity contribution in [2.24, 2.45) is 5.10 Å². The Morgan fingerprint density at radius 2 is 2.04 bits per heavy atom. The van der Waals surface area contributed by atoms with Crippen LogP contribution >= 0.6 is 0 Å². The zero-order valence-corrected chi connectivity index (χ0v) is 13.9. The van der Waals surface area contributed by atoms with Crippen molar-refractivity contribution in [2.45, 2.75) is 19.9 Å². The fourth-order valence-electron chi connectivity index (χ4n) is 2.39. The Labute approximate surface area is 145 Å². The molecule has 0 unspecified atom stereocenters. The van der Waals surface area contributed by atoms with Gasteiger partial charge in [0.15, 0.2) is 0 Å². The van der Waals surface area contributed by atoms with Gasteiger partial charge in [0.05, 0.1) is 24.9 Å². The van der Waals surface area contributed by atoms with Gasteiger partial charge in [0.2, 0.25) is 5.91 Å². The third kappa shape index (κ3) is 4.20. The van der Waals surface area contributed by atoms with E-state index in [2.05, 4.69) is 20.8 Å². The van der Waals surface area contributed by atoms with Crippen molar-refractivity contribution >= 4 is 23.2 Å². The maximum Gasteiger partial charge on any atom is 0.241 e. The van der Waals surface area contributed by atoms with E-state index in [1.54, 1.807) is 10.9 Å². The molecule has 0 saturated carbocycles. The van der Waals surface area contributed by atoms with E-state index >= 15 is 0 Å². The summed E-state index contributed by atoms with van der Waals surface area (Å²) < 4.78 is 7.22. The van der Waals surface area contributed by atoms with Crippen LogP contribution in [-0.2, 0) is 11.3 Å². The first kappa shape index (κ1) is 16.6. The van der Waals surface area contributed by atoms with Crippen LogP contribution < -0.4 is 10.2 Å². The number of fused-ring (bicyclic) bond motifs is 1. The molecular weight excluding hydrogens is 318 g/mol. The Kier molecular flexibility index (Phi) is 5.36. The van der Waals surface area contributed by atoms with Crippen LogP contribution in [0.5, 0.6) is 5.75 Å². The molecule has 128 valence electrons. The maximum atomic E-state index is 12.0. The molecule has 0 saturated heterocycles. The van der Waals surface area contributed by atoms with Gasteiger partial charge in [-0.25, -0.2) is 10.1 Å². The van der Waals surface area contributed by atoms with Gasteiger partial charge in [-0.3, -0.25) is 4.79 Å². The van der Waals surface area contributed by atoms with Crippen molar-refractivity contribution in [3.8, 4) is 5.75 Å². The van der Waals surface area contributed by atoms with E-state index in [0.717, 1.165) is 22.3 Å². The lowest BCUT2D eigenvalue weighted by molar-refractivity contribution is -0.121. The number of hydrogen-bond donors (Lipinski definition) is 1. The van der Waals surface area contributed by atoms with E-state index in [1.165, 1.54) is 0 Å². The van der Waals surface area contributed by atoms with E-state index in [0.29, 0.717) is 13.2 Å². The first-order chi connectivity index (χ1) is 12.3. The molecule has 2 aromatic carbocycles. The number of rotatable bonds is 7. The molecule has 1 amide bonds. The van der Waals surface area contributed by atoms with Crippen LogP contribution in [-0.4, -0.2) is 33.7 Å². The predicted octanol–water partition coefficient (Wildman–Crippen LogP) is 2.37. The number of para-hydroxylation sites is 2. The van der Waals surface area contributed by atoms with Crippen LogP contribution in [0.25, 0.3) is 11.0 Å². The average Bonchev–Trinajstić information content (AvgIpc) is 3.05. The molecule has 25 heavy (non-hydrogen) atoms. The normalized spacial score (nSPS) is 11.1. The Bertz CT molecular complexity index is 888. The zero-order valence-electron chi connectivity index (χ0n) is 13.9.